The molecule has 28 heavy (non-hydrogen) atoms. The van der Waals surface area contributed by atoms with Gasteiger partial charge in [0.15, 0.2) is 0 Å². The number of nitrogens with zero attached hydrogens (tertiary/aromatic N) is 1. The van der Waals surface area contributed by atoms with Crippen molar-refractivity contribution in [3.8, 4) is 0 Å². The van der Waals surface area contributed by atoms with Gasteiger partial charge in [-0.2, -0.15) is 0 Å². The molecule has 0 unspecified atom stereocenters. The minimum Gasteiger partial charge on any atom is -0.372 e. The minimum atomic E-state index is -0.272. The van der Waals surface area contributed by atoms with Crippen LogP contribution in [0.4, 0.5) is 11.4 Å². The molecule has 0 aliphatic rings. The number of fused-ring (bicyclic) bond motifs is 1. The number of amides is 1. The van der Waals surface area contributed by atoms with E-state index in [-0.39, 0.29) is 11.5 Å². The van der Waals surface area contributed by atoms with Gasteiger partial charge in [0.25, 0.3) is 5.56 Å². The van der Waals surface area contributed by atoms with Crippen molar-refractivity contribution < 1.29 is 4.79 Å². The minimum absolute atomic E-state index is 0.220. The predicted octanol–water partition coefficient (Wildman–Crippen LogP) is 4.33. The Bertz CT molecular complexity index is 1080. The van der Waals surface area contributed by atoms with E-state index in [0.717, 1.165) is 40.9 Å². The van der Waals surface area contributed by atoms with Crippen LogP contribution in [0.5, 0.6) is 0 Å². The first kappa shape index (κ1) is 19.4. The van der Waals surface area contributed by atoms with Crippen LogP contribution in [0.25, 0.3) is 17.0 Å². The summed E-state index contributed by atoms with van der Waals surface area (Å²) in [6, 6.07) is 15.3. The number of hydrogen-bond donors (Lipinski definition) is 2. The largest absolute Gasteiger partial charge is 0.372 e. The van der Waals surface area contributed by atoms with Crippen LogP contribution >= 0.6 is 0 Å². The van der Waals surface area contributed by atoms with E-state index in [0.29, 0.717) is 5.56 Å². The summed E-state index contributed by atoms with van der Waals surface area (Å²) in [5.74, 6) is -0.272. The lowest BCUT2D eigenvalue weighted by atomic mass is 10.1. The Labute approximate surface area is 164 Å². The van der Waals surface area contributed by atoms with Gasteiger partial charge in [-0.3, -0.25) is 9.59 Å². The third-order valence-electron chi connectivity index (χ3n) is 4.79. The Hall–Kier alpha value is -3.34. The summed E-state index contributed by atoms with van der Waals surface area (Å²) in [6.45, 7) is 8.08. The van der Waals surface area contributed by atoms with Crippen LogP contribution in [0.15, 0.2) is 59.4 Å². The number of para-hydroxylation sites is 1. The molecule has 0 radical (unpaired) electrons. The van der Waals surface area contributed by atoms with E-state index in [1.807, 2.05) is 43.3 Å². The van der Waals surface area contributed by atoms with E-state index in [1.54, 1.807) is 12.1 Å². The first-order valence-electron chi connectivity index (χ1n) is 9.48. The highest BCUT2D eigenvalue weighted by Crippen LogP contribution is 2.22. The zero-order valence-electron chi connectivity index (χ0n) is 16.5. The molecule has 0 atom stereocenters. The predicted molar refractivity (Wildman–Crippen MR) is 117 cm³/mol. The number of H-pyrrole nitrogens is 1. The van der Waals surface area contributed by atoms with Gasteiger partial charge in [0.2, 0.25) is 5.91 Å². The second kappa shape index (κ2) is 8.57. The Morgan fingerprint density at radius 1 is 1.11 bits per heavy atom. The summed E-state index contributed by atoms with van der Waals surface area (Å²) in [5, 5.41) is 3.80. The zero-order chi connectivity index (χ0) is 20.1. The molecule has 0 aliphatic carbocycles. The maximum Gasteiger partial charge on any atom is 0.255 e. The highest BCUT2D eigenvalue weighted by atomic mass is 16.1. The summed E-state index contributed by atoms with van der Waals surface area (Å²) in [4.78, 5) is 29.6. The number of aromatic nitrogens is 1. The number of anilines is 2. The summed E-state index contributed by atoms with van der Waals surface area (Å²) in [7, 11) is 0. The second-order valence-electron chi connectivity index (χ2n) is 6.64. The van der Waals surface area contributed by atoms with Crippen molar-refractivity contribution in [3.05, 3.63) is 76.1 Å². The van der Waals surface area contributed by atoms with Gasteiger partial charge in [0.1, 0.15) is 0 Å². The van der Waals surface area contributed by atoms with Gasteiger partial charge in [0, 0.05) is 41.6 Å². The average Bonchev–Trinajstić information content (AvgIpc) is 2.69. The molecule has 0 fully saturated rings. The van der Waals surface area contributed by atoms with Gasteiger partial charge >= 0.3 is 0 Å². The third-order valence-corrected chi connectivity index (χ3v) is 4.79. The molecular formula is C23H25N3O2. The van der Waals surface area contributed by atoms with Crippen LogP contribution in [0.2, 0.25) is 0 Å². The van der Waals surface area contributed by atoms with Gasteiger partial charge in [-0.15, -0.1) is 0 Å². The van der Waals surface area contributed by atoms with Crippen LogP contribution in [0.1, 0.15) is 25.0 Å². The summed E-state index contributed by atoms with van der Waals surface area (Å²) in [5.41, 5.74) is 3.90. The number of aryl methyl sites for hydroxylation is 1. The zero-order valence-corrected chi connectivity index (χ0v) is 16.5. The molecule has 0 aliphatic heterocycles. The Morgan fingerprint density at radius 2 is 1.86 bits per heavy atom. The van der Waals surface area contributed by atoms with Crippen molar-refractivity contribution in [3.63, 3.8) is 0 Å². The molecule has 1 heterocycles. The normalized spacial score (nSPS) is 11.1. The number of nitrogens with one attached hydrogen (secondary N) is 2. The van der Waals surface area contributed by atoms with E-state index < -0.39 is 0 Å². The fourth-order valence-electron chi connectivity index (χ4n) is 3.20. The monoisotopic (exact) mass is 375 g/mol. The van der Waals surface area contributed by atoms with Crippen LogP contribution in [-0.2, 0) is 4.79 Å². The number of pyridine rings is 1. The van der Waals surface area contributed by atoms with Crippen molar-refractivity contribution in [1.82, 2.24) is 4.98 Å². The first-order chi connectivity index (χ1) is 13.5. The highest BCUT2D eigenvalue weighted by Gasteiger charge is 2.07. The van der Waals surface area contributed by atoms with Crippen molar-refractivity contribution >= 4 is 34.3 Å². The average molecular weight is 375 g/mol. The Kier molecular flexibility index (Phi) is 5.94. The standard InChI is InChI=1S/C23H25N3O2/c1-4-26(5-2)19-11-12-20(16(3)14-19)24-22(27)13-10-18-15-17-8-6-7-9-21(17)25-23(18)28/h6-15H,4-5H2,1-3H3,(H,24,27)(H,25,28)/b13-10+. The van der Waals surface area contributed by atoms with Crippen molar-refractivity contribution in [2.24, 2.45) is 0 Å². The van der Waals surface area contributed by atoms with Crippen LogP contribution in [0, 0.1) is 6.92 Å². The van der Waals surface area contributed by atoms with Gasteiger partial charge in [-0.05, 0) is 68.1 Å². The molecule has 0 saturated carbocycles. The van der Waals surface area contributed by atoms with E-state index in [2.05, 4.69) is 35.1 Å². The molecule has 5 nitrogen and oxygen atoms in total. The molecule has 5 heteroatoms. The molecule has 0 spiro atoms. The molecule has 0 bridgehead atoms. The maximum atomic E-state index is 12.3. The lowest BCUT2D eigenvalue weighted by molar-refractivity contribution is -0.111. The van der Waals surface area contributed by atoms with E-state index in [4.69, 9.17) is 0 Å². The Morgan fingerprint density at radius 3 is 2.57 bits per heavy atom. The number of carbonyl (C=O) groups is 1. The van der Waals surface area contributed by atoms with Crippen molar-refractivity contribution in [2.45, 2.75) is 20.8 Å². The van der Waals surface area contributed by atoms with Crippen LogP contribution in [0.3, 0.4) is 0 Å². The fourth-order valence-corrected chi connectivity index (χ4v) is 3.20. The lowest BCUT2D eigenvalue weighted by Gasteiger charge is -2.22. The molecule has 2 aromatic carbocycles. The van der Waals surface area contributed by atoms with Crippen LogP contribution in [-0.4, -0.2) is 24.0 Å². The second-order valence-corrected chi connectivity index (χ2v) is 6.64. The molecule has 3 rings (SSSR count). The Balaban J connectivity index is 1.75. The van der Waals surface area contributed by atoms with E-state index >= 15 is 0 Å². The number of aromatic amines is 1. The molecule has 0 saturated heterocycles. The highest BCUT2D eigenvalue weighted by molar-refractivity contribution is 6.02. The molecule has 1 aromatic heterocycles. The third kappa shape index (κ3) is 4.31. The van der Waals surface area contributed by atoms with Gasteiger partial charge in [-0.1, -0.05) is 18.2 Å². The van der Waals surface area contributed by atoms with Gasteiger partial charge in [-0.25, -0.2) is 0 Å². The number of carbonyl (C=O) groups excluding carboxylic acids is 1. The number of rotatable bonds is 6. The van der Waals surface area contributed by atoms with Gasteiger partial charge in [0.05, 0.1) is 0 Å². The molecule has 144 valence electrons. The van der Waals surface area contributed by atoms with Gasteiger partial charge < -0.3 is 15.2 Å². The SMILES string of the molecule is CCN(CC)c1ccc(NC(=O)/C=C/c2cc3ccccc3[nH]c2=O)c(C)c1. The first-order valence-corrected chi connectivity index (χ1v) is 9.48. The topological polar surface area (TPSA) is 65.2 Å². The lowest BCUT2D eigenvalue weighted by Crippen LogP contribution is -2.22. The van der Waals surface area contributed by atoms with E-state index in [1.165, 1.54) is 6.08 Å². The molecule has 2 N–H and O–H groups in total. The quantitative estimate of drug-likeness (QED) is 0.630. The molecule has 1 amide bonds. The number of hydrogen-bond acceptors (Lipinski definition) is 3. The maximum absolute atomic E-state index is 12.3. The van der Waals surface area contributed by atoms with Crippen molar-refractivity contribution in [2.75, 3.05) is 23.3 Å². The summed E-state index contributed by atoms with van der Waals surface area (Å²) >= 11 is 0. The summed E-state index contributed by atoms with van der Waals surface area (Å²) < 4.78 is 0. The molecule has 3 aromatic rings. The fraction of sp³-hybridized carbons (Fsp3) is 0.217. The molecular weight excluding hydrogens is 350 g/mol. The van der Waals surface area contributed by atoms with Crippen LogP contribution < -0.4 is 15.8 Å². The smallest absolute Gasteiger partial charge is 0.255 e. The summed E-state index contributed by atoms with van der Waals surface area (Å²) in [6.07, 6.45) is 2.93. The van der Waals surface area contributed by atoms with Crippen molar-refractivity contribution in [1.29, 1.82) is 0 Å². The van der Waals surface area contributed by atoms with E-state index in [9.17, 15) is 9.59 Å². The number of benzene rings is 2.